The normalized spacial score (nSPS) is 11.8. The molecule has 0 aliphatic heterocycles. The highest BCUT2D eigenvalue weighted by Crippen LogP contribution is 2.46. The summed E-state index contributed by atoms with van der Waals surface area (Å²) >= 11 is 0. The number of hydrogen-bond donors (Lipinski definition) is 0. The number of fused-ring (bicyclic) bond motifs is 8. The van der Waals surface area contributed by atoms with Crippen molar-refractivity contribution in [1.29, 1.82) is 0 Å². The quantitative estimate of drug-likeness (QED) is 0.182. The van der Waals surface area contributed by atoms with E-state index in [1.165, 1.54) is 0 Å². The fourth-order valence-electron chi connectivity index (χ4n) is 8.21. The molecule has 0 spiro atoms. The molecule has 0 aliphatic rings. The predicted octanol–water partition coefficient (Wildman–Crippen LogP) is 13.0. The number of pyridine rings is 1. The molecule has 0 saturated carbocycles. The summed E-state index contributed by atoms with van der Waals surface area (Å²) in [5, 5.41) is 5.68. The van der Waals surface area contributed by atoms with Gasteiger partial charge in [-0.25, -0.2) is 4.98 Å². The van der Waals surface area contributed by atoms with Gasteiger partial charge in [0.25, 0.3) is 0 Å². The van der Waals surface area contributed by atoms with Crippen molar-refractivity contribution in [2.75, 3.05) is 0 Å². The molecule has 7 aromatic carbocycles. The molecule has 0 amide bonds. The minimum absolute atomic E-state index is 0.898. The average Bonchev–Trinajstić information content (AvgIpc) is 3.89. The van der Waals surface area contributed by atoms with E-state index < -0.39 is 0 Å². The molecule has 53 heavy (non-hydrogen) atoms. The fourth-order valence-corrected chi connectivity index (χ4v) is 8.21. The molecule has 0 fully saturated rings. The standard InChI is InChI=1S/C49H31N3O/c1-4-16-32(17-5-1)40-30-35(31-41(50-40)33-18-6-2-7-19-33)51-43-26-14-11-24-39(43)48(47(51)34-20-8-3-9-21-34)52-42-25-13-10-23-38(42)46-44(52)29-28-37-36-22-12-15-27-45(36)53-49(37)46/h1-31H. The lowest BCUT2D eigenvalue weighted by atomic mass is 10.1. The molecular formula is C49H31N3O. The van der Waals surface area contributed by atoms with Crippen molar-refractivity contribution in [3.05, 3.63) is 188 Å². The summed E-state index contributed by atoms with van der Waals surface area (Å²) in [6.45, 7) is 0. The van der Waals surface area contributed by atoms with Gasteiger partial charge in [0.2, 0.25) is 0 Å². The lowest BCUT2D eigenvalue weighted by molar-refractivity contribution is 0.673. The summed E-state index contributed by atoms with van der Waals surface area (Å²) in [6.07, 6.45) is 0. The second-order valence-electron chi connectivity index (χ2n) is 13.5. The van der Waals surface area contributed by atoms with E-state index in [4.69, 9.17) is 9.40 Å². The molecule has 0 bridgehead atoms. The summed E-state index contributed by atoms with van der Waals surface area (Å²) in [6, 6.07) is 66.5. The molecule has 4 nitrogen and oxygen atoms in total. The van der Waals surface area contributed by atoms with Gasteiger partial charge >= 0.3 is 0 Å². The molecule has 0 unspecified atom stereocenters. The van der Waals surface area contributed by atoms with E-state index in [9.17, 15) is 0 Å². The molecule has 4 heterocycles. The Labute approximate surface area is 305 Å². The molecule has 0 aliphatic carbocycles. The zero-order valence-corrected chi connectivity index (χ0v) is 28.6. The Morgan fingerprint density at radius 3 is 1.58 bits per heavy atom. The number of rotatable bonds is 5. The van der Waals surface area contributed by atoms with Gasteiger partial charge < -0.3 is 13.6 Å². The second kappa shape index (κ2) is 11.7. The zero-order valence-electron chi connectivity index (χ0n) is 28.6. The van der Waals surface area contributed by atoms with Crippen LogP contribution in [0.5, 0.6) is 0 Å². The number of hydrogen-bond acceptors (Lipinski definition) is 2. The van der Waals surface area contributed by atoms with E-state index in [1.54, 1.807) is 0 Å². The highest BCUT2D eigenvalue weighted by molar-refractivity contribution is 6.24. The van der Waals surface area contributed by atoms with Gasteiger partial charge in [0.1, 0.15) is 11.2 Å². The maximum absolute atomic E-state index is 6.68. The summed E-state index contributed by atoms with van der Waals surface area (Å²) in [5.41, 5.74) is 13.5. The van der Waals surface area contributed by atoms with Gasteiger partial charge in [0.05, 0.1) is 50.4 Å². The van der Waals surface area contributed by atoms with Crippen molar-refractivity contribution >= 4 is 54.6 Å². The number of furan rings is 1. The molecule has 0 radical (unpaired) electrons. The van der Waals surface area contributed by atoms with Crippen LogP contribution in [-0.2, 0) is 0 Å². The topological polar surface area (TPSA) is 35.9 Å². The van der Waals surface area contributed by atoms with Crippen LogP contribution in [-0.4, -0.2) is 14.1 Å². The third-order valence-corrected chi connectivity index (χ3v) is 10.5. The Bertz CT molecular complexity index is 3090. The summed E-state index contributed by atoms with van der Waals surface area (Å²) in [7, 11) is 0. The van der Waals surface area contributed by atoms with Gasteiger partial charge in [0.15, 0.2) is 0 Å². The molecule has 0 N–H and O–H groups in total. The maximum atomic E-state index is 6.68. The third kappa shape index (κ3) is 4.52. The van der Waals surface area contributed by atoms with E-state index in [-0.39, 0.29) is 0 Å². The molecule has 248 valence electrons. The predicted molar refractivity (Wildman–Crippen MR) is 219 cm³/mol. The van der Waals surface area contributed by atoms with Crippen LogP contribution in [0.2, 0.25) is 0 Å². The summed E-state index contributed by atoms with van der Waals surface area (Å²) in [4.78, 5) is 5.24. The number of benzene rings is 7. The van der Waals surface area contributed by atoms with Gasteiger partial charge in [-0.15, -0.1) is 0 Å². The molecule has 0 atom stereocenters. The molecule has 4 heteroatoms. The highest BCUT2D eigenvalue weighted by atomic mass is 16.3. The van der Waals surface area contributed by atoms with Crippen molar-refractivity contribution < 1.29 is 4.42 Å². The van der Waals surface area contributed by atoms with E-state index in [0.717, 1.165) is 99.8 Å². The van der Waals surface area contributed by atoms with Crippen molar-refractivity contribution in [3.63, 3.8) is 0 Å². The Balaban J connectivity index is 1.30. The van der Waals surface area contributed by atoms with Crippen molar-refractivity contribution in [3.8, 4) is 45.1 Å². The molecule has 11 rings (SSSR count). The second-order valence-corrected chi connectivity index (χ2v) is 13.5. The van der Waals surface area contributed by atoms with E-state index in [1.807, 2.05) is 6.07 Å². The Morgan fingerprint density at radius 1 is 0.396 bits per heavy atom. The molecular weight excluding hydrogens is 647 g/mol. The van der Waals surface area contributed by atoms with Gasteiger partial charge in [-0.2, -0.15) is 0 Å². The lowest BCUT2D eigenvalue weighted by Crippen LogP contribution is -2.02. The smallest absolute Gasteiger partial charge is 0.145 e. The zero-order chi connectivity index (χ0) is 34.9. The molecule has 4 aromatic heterocycles. The van der Waals surface area contributed by atoms with Crippen molar-refractivity contribution in [2.24, 2.45) is 0 Å². The van der Waals surface area contributed by atoms with E-state index in [2.05, 4.69) is 191 Å². The minimum atomic E-state index is 0.898. The Morgan fingerprint density at radius 2 is 0.925 bits per heavy atom. The van der Waals surface area contributed by atoms with Crippen LogP contribution in [0, 0.1) is 0 Å². The monoisotopic (exact) mass is 677 g/mol. The van der Waals surface area contributed by atoms with Crippen LogP contribution in [0.3, 0.4) is 0 Å². The summed E-state index contributed by atoms with van der Waals surface area (Å²) < 4.78 is 11.6. The first-order chi connectivity index (χ1) is 26.3. The summed E-state index contributed by atoms with van der Waals surface area (Å²) in [5.74, 6) is 0. The number of para-hydroxylation sites is 3. The van der Waals surface area contributed by atoms with Crippen LogP contribution < -0.4 is 0 Å². The maximum Gasteiger partial charge on any atom is 0.145 e. The van der Waals surface area contributed by atoms with Gasteiger partial charge in [0, 0.05) is 38.2 Å². The van der Waals surface area contributed by atoms with Crippen LogP contribution >= 0.6 is 0 Å². The van der Waals surface area contributed by atoms with Crippen LogP contribution in [0.4, 0.5) is 0 Å². The first-order valence-corrected chi connectivity index (χ1v) is 18.0. The molecule has 0 saturated heterocycles. The first kappa shape index (κ1) is 29.5. The van der Waals surface area contributed by atoms with Crippen LogP contribution in [0.1, 0.15) is 0 Å². The van der Waals surface area contributed by atoms with Crippen molar-refractivity contribution in [1.82, 2.24) is 14.1 Å². The average molecular weight is 678 g/mol. The van der Waals surface area contributed by atoms with Gasteiger partial charge in [-0.1, -0.05) is 146 Å². The van der Waals surface area contributed by atoms with E-state index >= 15 is 0 Å². The van der Waals surface area contributed by atoms with Gasteiger partial charge in [-0.05, 0) is 42.5 Å². The minimum Gasteiger partial charge on any atom is -0.455 e. The number of aromatic nitrogens is 3. The van der Waals surface area contributed by atoms with E-state index in [0.29, 0.717) is 0 Å². The third-order valence-electron chi connectivity index (χ3n) is 10.5. The Hall–Kier alpha value is -7.17. The SMILES string of the molecule is c1ccc(-c2cc(-n3c(-c4ccccc4)c(-n4c5ccccc5c5c6oc7ccccc7c6ccc54)c4ccccc43)cc(-c3ccccc3)n2)cc1. The van der Waals surface area contributed by atoms with Crippen LogP contribution in [0.25, 0.3) is 99.8 Å². The lowest BCUT2D eigenvalue weighted by Gasteiger charge is -2.17. The fraction of sp³-hybridized carbons (Fsp3) is 0. The largest absolute Gasteiger partial charge is 0.455 e. The Kier molecular flexibility index (Phi) is 6.52. The van der Waals surface area contributed by atoms with Crippen LogP contribution in [0.15, 0.2) is 192 Å². The molecule has 11 aromatic rings. The van der Waals surface area contributed by atoms with Gasteiger partial charge in [-0.3, -0.25) is 0 Å². The first-order valence-electron chi connectivity index (χ1n) is 18.0. The number of nitrogens with zero attached hydrogens (tertiary/aromatic N) is 3. The highest BCUT2D eigenvalue weighted by Gasteiger charge is 2.26. The van der Waals surface area contributed by atoms with Crippen molar-refractivity contribution in [2.45, 2.75) is 0 Å².